The Bertz CT molecular complexity index is 1180. The van der Waals surface area contributed by atoms with E-state index < -0.39 is 20.9 Å². The molecule has 33 heavy (non-hydrogen) atoms. The van der Waals surface area contributed by atoms with E-state index in [1.54, 1.807) is 6.07 Å². The number of amides is 1. The maximum Gasteiger partial charge on any atom is 0.270 e. The van der Waals surface area contributed by atoms with E-state index in [9.17, 15) is 23.3 Å². The molecule has 0 saturated heterocycles. The van der Waals surface area contributed by atoms with E-state index in [0.717, 1.165) is 0 Å². The fraction of sp³-hybridized carbons (Fsp3) is 0.0909. The third kappa shape index (κ3) is 7.45. The topological polar surface area (TPSA) is 122 Å². The number of nitrogens with one attached hydrogen (secondary N) is 2. The number of carbonyl (C=O) groups excluding carboxylic acids is 1. The predicted octanol–water partition coefficient (Wildman–Crippen LogP) is 3.48. The fourth-order valence-corrected chi connectivity index (χ4v) is 4.25. The van der Waals surface area contributed by atoms with Crippen molar-refractivity contribution in [3.05, 3.63) is 95.6 Å². The molecule has 0 bridgehead atoms. The molecule has 11 heteroatoms. The zero-order valence-electron chi connectivity index (χ0n) is 17.5. The molecular weight excluding hydrogens is 464 g/mol. The number of thiocarbonyl (C=S) groups is 1. The van der Waals surface area contributed by atoms with Crippen LogP contribution in [0.2, 0.25) is 0 Å². The summed E-state index contributed by atoms with van der Waals surface area (Å²) in [5.74, 6) is -0.539. The number of carbonyl (C=O) groups is 1. The number of hydrogen-bond acceptors (Lipinski definition) is 6. The first-order valence-corrected chi connectivity index (χ1v) is 11.4. The third-order valence-electron chi connectivity index (χ3n) is 4.16. The van der Waals surface area contributed by atoms with Crippen molar-refractivity contribution < 1.29 is 18.1 Å². The van der Waals surface area contributed by atoms with Gasteiger partial charge in [-0.2, -0.15) is 4.31 Å². The summed E-state index contributed by atoms with van der Waals surface area (Å²) in [6, 6.07) is 11.7. The van der Waals surface area contributed by atoms with Crippen molar-refractivity contribution >= 4 is 50.7 Å². The van der Waals surface area contributed by atoms with Gasteiger partial charge in [-0.1, -0.05) is 24.3 Å². The van der Waals surface area contributed by atoms with Crippen molar-refractivity contribution in [2.75, 3.05) is 18.4 Å². The highest BCUT2D eigenvalue weighted by atomic mass is 32.2. The van der Waals surface area contributed by atoms with Gasteiger partial charge >= 0.3 is 0 Å². The second kappa shape index (κ2) is 11.8. The number of rotatable bonds is 10. The van der Waals surface area contributed by atoms with E-state index in [2.05, 4.69) is 23.8 Å². The molecule has 1 amide bonds. The SMILES string of the molecule is C=CCN(CC=C)S(=O)(=O)c1ccc(NC(=S)NC(=O)/C=C/c2cccc([N+](=O)[O-])c2)cc1. The van der Waals surface area contributed by atoms with Gasteiger partial charge in [-0.3, -0.25) is 20.2 Å². The molecule has 2 N–H and O–H groups in total. The number of nitrogens with zero attached hydrogens (tertiary/aromatic N) is 2. The van der Waals surface area contributed by atoms with Crippen LogP contribution in [-0.2, 0) is 14.8 Å². The molecule has 2 rings (SSSR count). The van der Waals surface area contributed by atoms with Crippen molar-refractivity contribution in [2.45, 2.75) is 4.90 Å². The lowest BCUT2D eigenvalue weighted by Gasteiger charge is -2.19. The van der Waals surface area contributed by atoms with Gasteiger partial charge in [0.1, 0.15) is 0 Å². The van der Waals surface area contributed by atoms with Crippen molar-refractivity contribution in [1.82, 2.24) is 9.62 Å². The van der Waals surface area contributed by atoms with Crippen molar-refractivity contribution in [3.63, 3.8) is 0 Å². The Kier molecular flexibility index (Phi) is 9.16. The van der Waals surface area contributed by atoms with Crippen LogP contribution in [0.1, 0.15) is 5.56 Å². The number of hydrogen-bond donors (Lipinski definition) is 2. The molecule has 2 aromatic carbocycles. The normalized spacial score (nSPS) is 11.2. The highest BCUT2D eigenvalue weighted by Gasteiger charge is 2.22. The van der Waals surface area contributed by atoms with Crippen LogP contribution in [0.3, 0.4) is 0 Å². The summed E-state index contributed by atoms with van der Waals surface area (Å²) >= 11 is 5.10. The molecule has 9 nitrogen and oxygen atoms in total. The molecule has 0 fully saturated rings. The molecule has 0 unspecified atom stereocenters. The van der Waals surface area contributed by atoms with Crippen molar-refractivity contribution in [1.29, 1.82) is 0 Å². The second-order valence-corrected chi connectivity index (χ2v) is 8.90. The molecule has 2 aromatic rings. The van der Waals surface area contributed by atoms with Gasteiger partial charge in [0.2, 0.25) is 15.9 Å². The minimum Gasteiger partial charge on any atom is -0.332 e. The lowest BCUT2D eigenvalue weighted by atomic mass is 10.2. The van der Waals surface area contributed by atoms with Gasteiger partial charge in [0.15, 0.2) is 5.11 Å². The molecular formula is C22H22N4O5S2. The monoisotopic (exact) mass is 486 g/mol. The Hall–Kier alpha value is -3.67. The van der Waals surface area contributed by atoms with E-state index in [1.807, 2.05) is 0 Å². The Balaban J connectivity index is 1.99. The number of nitro benzene ring substituents is 1. The summed E-state index contributed by atoms with van der Waals surface area (Å²) in [6.45, 7) is 7.44. The minimum absolute atomic E-state index is 0.000703. The quantitative estimate of drug-likeness (QED) is 0.173. The van der Waals surface area contributed by atoms with Gasteiger partial charge in [-0.25, -0.2) is 8.42 Å². The third-order valence-corrected chi connectivity index (χ3v) is 6.21. The van der Waals surface area contributed by atoms with Crippen molar-refractivity contribution in [2.24, 2.45) is 0 Å². The summed E-state index contributed by atoms with van der Waals surface area (Å²) in [7, 11) is -3.72. The number of non-ortho nitro benzene ring substituents is 1. The zero-order valence-corrected chi connectivity index (χ0v) is 19.1. The lowest BCUT2D eigenvalue weighted by Crippen LogP contribution is -2.33. The standard InChI is InChI=1S/C22H22N4O5S2/c1-3-14-25(15-4-2)33(30,31)20-11-9-18(10-12-20)23-22(32)24-21(27)13-8-17-6-5-7-19(16-17)26(28)29/h3-13,16H,1-2,14-15H2,(H2,23,24,27,32)/b13-8+. The first-order chi connectivity index (χ1) is 15.7. The maximum absolute atomic E-state index is 12.7. The Morgan fingerprint density at radius 1 is 1.12 bits per heavy atom. The minimum atomic E-state index is -3.72. The fourth-order valence-electron chi connectivity index (χ4n) is 2.65. The maximum atomic E-state index is 12.7. The van der Waals surface area contributed by atoms with Gasteiger partial charge in [0, 0.05) is 37.0 Å². The van der Waals surface area contributed by atoms with Crippen LogP contribution < -0.4 is 10.6 Å². The van der Waals surface area contributed by atoms with Crippen LogP contribution in [0, 0.1) is 10.1 Å². The van der Waals surface area contributed by atoms with Crippen LogP contribution in [0.5, 0.6) is 0 Å². The molecule has 0 aliphatic carbocycles. The summed E-state index contributed by atoms with van der Waals surface area (Å²) in [4.78, 5) is 22.4. The zero-order chi connectivity index (χ0) is 24.4. The number of anilines is 1. The van der Waals surface area contributed by atoms with Gasteiger partial charge in [0.25, 0.3) is 5.69 Å². The number of benzene rings is 2. The van der Waals surface area contributed by atoms with Crippen LogP contribution in [0.25, 0.3) is 6.08 Å². The van der Waals surface area contributed by atoms with Gasteiger partial charge in [-0.05, 0) is 48.1 Å². The van der Waals surface area contributed by atoms with Crippen LogP contribution >= 0.6 is 12.2 Å². The van der Waals surface area contributed by atoms with Gasteiger partial charge in [-0.15, -0.1) is 13.2 Å². The molecule has 0 radical (unpaired) electrons. The van der Waals surface area contributed by atoms with E-state index in [4.69, 9.17) is 12.2 Å². The molecule has 0 atom stereocenters. The summed E-state index contributed by atoms with van der Waals surface area (Å²) < 4.78 is 26.7. The largest absolute Gasteiger partial charge is 0.332 e. The Labute approximate surface area is 197 Å². The molecule has 0 spiro atoms. The van der Waals surface area contributed by atoms with Gasteiger partial charge in [0.05, 0.1) is 9.82 Å². The van der Waals surface area contributed by atoms with Gasteiger partial charge < -0.3 is 5.32 Å². The molecule has 172 valence electrons. The first-order valence-electron chi connectivity index (χ1n) is 9.54. The highest BCUT2D eigenvalue weighted by Crippen LogP contribution is 2.19. The second-order valence-electron chi connectivity index (χ2n) is 6.55. The molecule has 0 saturated carbocycles. The summed E-state index contributed by atoms with van der Waals surface area (Å²) in [6.07, 6.45) is 5.59. The smallest absolute Gasteiger partial charge is 0.270 e. The summed E-state index contributed by atoms with van der Waals surface area (Å²) in [5, 5.41) is 16.0. The number of sulfonamides is 1. The predicted molar refractivity (Wildman–Crippen MR) is 132 cm³/mol. The van der Waals surface area contributed by atoms with Crippen molar-refractivity contribution in [3.8, 4) is 0 Å². The lowest BCUT2D eigenvalue weighted by molar-refractivity contribution is -0.384. The average Bonchev–Trinajstić information content (AvgIpc) is 2.78. The van der Waals surface area contributed by atoms with Crippen LogP contribution in [-0.4, -0.2) is 41.8 Å². The van der Waals surface area contributed by atoms with E-state index >= 15 is 0 Å². The molecule has 0 aliphatic heterocycles. The Morgan fingerprint density at radius 2 is 1.76 bits per heavy atom. The molecule has 0 aromatic heterocycles. The van der Waals surface area contributed by atoms with Crippen LogP contribution in [0.4, 0.5) is 11.4 Å². The molecule has 0 heterocycles. The van der Waals surface area contributed by atoms with E-state index in [1.165, 1.54) is 71.1 Å². The summed E-state index contributed by atoms with van der Waals surface area (Å²) in [5.41, 5.74) is 0.871. The highest BCUT2D eigenvalue weighted by molar-refractivity contribution is 7.89. The Morgan fingerprint density at radius 3 is 2.33 bits per heavy atom. The van der Waals surface area contributed by atoms with E-state index in [0.29, 0.717) is 11.3 Å². The van der Waals surface area contributed by atoms with E-state index in [-0.39, 0.29) is 28.8 Å². The average molecular weight is 487 g/mol. The van der Waals surface area contributed by atoms with Crippen LogP contribution in [0.15, 0.2) is 84.8 Å². The number of nitro groups is 1. The molecule has 0 aliphatic rings. The first kappa shape index (κ1) is 25.6.